The summed E-state index contributed by atoms with van der Waals surface area (Å²) in [4.78, 5) is 17.3. The molecule has 0 spiro atoms. The molecule has 7 nitrogen and oxygen atoms in total. The van der Waals surface area contributed by atoms with E-state index >= 15 is 0 Å². The van der Waals surface area contributed by atoms with Crippen molar-refractivity contribution in [3.8, 4) is 11.6 Å². The van der Waals surface area contributed by atoms with Crippen LogP contribution in [-0.2, 0) is 0 Å². The molecule has 3 heterocycles. The fourth-order valence-corrected chi connectivity index (χ4v) is 3.71. The Morgan fingerprint density at radius 2 is 1.82 bits per heavy atom. The van der Waals surface area contributed by atoms with E-state index in [1.54, 1.807) is 6.20 Å². The highest BCUT2D eigenvalue weighted by atomic mass is 32.1. The minimum absolute atomic E-state index is 0.261. The fraction of sp³-hybridized carbons (Fsp3) is 0. The summed E-state index contributed by atoms with van der Waals surface area (Å²) < 4.78 is 7.04. The van der Waals surface area contributed by atoms with Crippen LogP contribution in [0, 0.1) is 0 Å². The maximum atomic E-state index is 6.26. The molecule has 5 aromatic rings. The van der Waals surface area contributed by atoms with Crippen molar-refractivity contribution in [1.29, 1.82) is 0 Å². The van der Waals surface area contributed by atoms with E-state index in [0.717, 1.165) is 21.1 Å². The van der Waals surface area contributed by atoms with Gasteiger partial charge in [0.25, 0.3) is 0 Å². The second kappa shape index (κ2) is 6.75. The van der Waals surface area contributed by atoms with E-state index in [-0.39, 0.29) is 5.88 Å². The Bertz CT molecular complexity index is 1260. The van der Waals surface area contributed by atoms with E-state index in [9.17, 15) is 0 Å². The molecule has 5 rings (SSSR count). The van der Waals surface area contributed by atoms with Crippen molar-refractivity contribution in [2.45, 2.75) is 0 Å². The molecule has 0 bridgehead atoms. The van der Waals surface area contributed by atoms with Crippen molar-refractivity contribution in [3.05, 3.63) is 67.1 Å². The van der Waals surface area contributed by atoms with Gasteiger partial charge in [0, 0.05) is 11.6 Å². The van der Waals surface area contributed by atoms with E-state index in [2.05, 4.69) is 25.3 Å². The summed E-state index contributed by atoms with van der Waals surface area (Å²) in [6.45, 7) is 0. The molecular formula is C20H14N6OS. The number of anilines is 3. The number of rotatable bonds is 4. The van der Waals surface area contributed by atoms with E-state index < -0.39 is 0 Å². The number of nitrogens with one attached hydrogen (secondary N) is 1. The van der Waals surface area contributed by atoms with Gasteiger partial charge >= 0.3 is 0 Å². The lowest BCUT2D eigenvalue weighted by atomic mass is 10.2. The van der Waals surface area contributed by atoms with Crippen molar-refractivity contribution >= 4 is 49.1 Å². The first-order chi connectivity index (χ1) is 13.8. The van der Waals surface area contributed by atoms with E-state index in [1.807, 2.05) is 54.6 Å². The lowest BCUT2D eigenvalue weighted by Gasteiger charge is -2.11. The second-order valence-electron chi connectivity index (χ2n) is 5.99. The number of hydrogen-bond acceptors (Lipinski definition) is 8. The number of benzene rings is 2. The fourth-order valence-electron chi connectivity index (χ4n) is 2.85. The van der Waals surface area contributed by atoms with E-state index in [0.29, 0.717) is 22.4 Å². The number of fused-ring (bicyclic) bond motifs is 2. The van der Waals surface area contributed by atoms with Gasteiger partial charge in [0.05, 0.1) is 10.2 Å². The van der Waals surface area contributed by atoms with Crippen LogP contribution in [0.2, 0.25) is 0 Å². The molecule has 3 N–H and O–H groups in total. The summed E-state index contributed by atoms with van der Waals surface area (Å²) in [6, 6.07) is 17.5. The second-order valence-corrected chi connectivity index (χ2v) is 7.02. The molecule has 28 heavy (non-hydrogen) atoms. The number of nitrogens with zero attached hydrogens (tertiary/aromatic N) is 4. The molecule has 8 heteroatoms. The van der Waals surface area contributed by atoms with Crippen molar-refractivity contribution in [2.24, 2.45) is 0 Å². The van der Waals surface area contributed by atoms with Gasteiger partial charge in [0.2, 0.25) is 5.88 Å². The van der Waals surface area contributed by atoms with Crippen LogP contribution >= 0.6 is 11.3 Å². The molecule has 0 amide bonds. The van der Waals surface area contributed by atoms with Gasteiger partial charge in [-0.1, -0.05) is 41.7 Å². The molecular weight excluding hydrogens is 372 g/mol. The van der Waals surface area contributed by atoms with Gasteiger partial charge in [0.15, 0.2) is 16.7 Å². The van der Waals surface area contributed by atoms with Gasteiger partial charge in [0.1, 0.15) is 17.5 Å². The van der Waals surface area contributed by atoms with Crippen molar-refractivity contribution in [3.63, 3.8) is 0 Å². The van der Waals surface area contributed by atoms with Crippen LogP contribution in [0.1, 0.15) is 0 Å². The Morgan fingerprint density at radius 1 is 0.929 bits per heavy atom. The van der Waals surface area contributed by atoms with Gasteiger partial charge in [-0.2, -0.15) is 4.98 Å². The number of para-hydroxylation sites is 2. The van der Waals surface area contributed by atoms with Gasteiger partial charge < -0.3 is 15.8 Å². The highest BCUT2D eigenvalue weighted by Gasteiger charge is 2.14. The molecule has 0 aliphatic rings. The zero-order valence-electron chi connectivity index (χ0n) is 14.5. The van der Waals surface area contributed by atoms with Crippen LogP contribution in [0.15, 0.2) is 67.1 Å². The van der Waals surface area contributed by atoms with Gasteiger partial charge in [-0.15, -0.1) is 0 Å². The molecule has 0 aliphatic heterocycles. The highest BCUT2D eigenvalue weighted by Crippen LogP contribution is 2.35. The number of ether oxygens (including phenoxy) is 1. The SMILES string of the molecule is Nc1c(Nc2nc3ccccc3s2)ncnc1Oc1cccc2cccnc12. The molecule has 3 aromatic heterocycles. The lowest BCUT2D eigenvalue weighted by Crippen LogP contribution is -2.03. The first-order valence-corrected chi connectivity index (χ1v) is 9.34. The third-order valence-corrected chi connectivity index (χ3v) is 5.12. The third kappa shape index (κ3) is 2.95. The normalized spacial score (nSPS) is 11.0. The molecule has 136 valence electrons. The molecule has 0 saturated heterocycles. The van der Waals surface area contributed by atoms with Gasteiger partial charge in [-0.25, -0.2) is 9.97 Å². The van der Waals surface area contributed by atoms with Crippen LogP contribution in [-0.4, -0.2) is 19.9 Å². The minimum Gasteiger partial charge on any atom is -0.435 e. The van der Waals surface area contributed by atoms with Gasteiger partial charge in [-0.05, 0) is 24.3 Å². The number of aromatic nitrogens is 4. The third-order valence-electron chi connectivity index (χ3n) is 4.17. The number of pyridine rings is 1. The molecule has 0 saturated carbocycles. The molecule has 2 aromatic carbocycles. The maximum Gasteiger partial charge on any atom is 0.248 e. The predicted octanol–water partition coefficient (Wildman–Crippen LogP) is 4.75. The summed E-state index contributed by atoms with van der Waals surface area (Å²) >= 11 is 1.52. The van der Waals surface area contributed by atoms with Crippen LogP contribution in [0.3, 0.4) is 0 Å². The van der Waals surface area contributed by atoms with Crippen molar-refractivity contribution < 1.29 is 4.74 Å². The first kappa shape index (κ1) is 16.4. The Balaban J connectivity index is 1.48. The Kier molecular flexibility index (Phi) is 3.95. The standard InChI is InChI=1S/C20H14N6OS/c21-16-18(26-20-25-13-7-1-2-9-15(13)28-20)23-11-24-19(16)27-14-8-3-5-12-6-4-10-22-17(12)14/h1-11H,21H2,(H,23,24,25,26). The number of thiazole rings is 1. The quantitative estimate of drug-likeness (QED) is 0.460. The smallest absolute Gasteiger partial charge is 0.248 e. The summed E-state index contributed by atoms with van der Waals surface area (Å²) in [5, 5.41) is 4.83. The predicted molar refractivity (Wildman–Crippen MR) is 111 cm³/mol. The largest absolute Gasteiger partial charge is 0.435 e. The topological polar surface area (TPSA) is 98.8 Å². The monoisotopic (exact) mass is 386 g/mol. The average Bonchev–Trinajstić information content (AvgIpc) is 3.14. The van der Waals surface area contributed by atoms with Crippen LogP contribution < -0.4 is 15.8 Å². The van der Waals surface area contributed by atoms with E-state index in [4.69, 9.17) is 10.5 Å². The highest BCUT2D eigenvalue weighted by molar-refractivity contribution is 7.22. The Labute approximate surface area is 163 Å². The summed E-state index contributed by atoms with van der Waals surface area (Å²) in [6.07, 6.45) is 3.12. The lowest BCUT2D eigenvalue weighted by molar-refractivity contribution is 0.469. The zero-order chi connectivity index (χ0) is 18.9. The Hall–Kier alpha value is -3.78. The Morgan fingerprint density at radius 3 is 2.75 bits per heavy atom. The summed E-state index contributed by atoms with van der Waals surface area (Å²) in [7, 11) is 0. The van der Waals surface area contributed by atoms with Crippen LogP contribution in [0.4, 0.5) is 16.6 Å². The molecule has 0 fully saturated rings. The van der Waals surface area contributed by atoms with Gasteiger partial charge in [-0.3, -0.25) is 4.98 Å². The van der Waals surface area contributed by atoms with E-state index in [1.165, 1.54) is 17.7 Å². The van der Waals surface area contributed by atoms with Crippen LogP contribution in [0.25, 0.3) is 21.1 Å². The van der Waals surface area contributed by atoms with Crippen molar-refractivity contribution in [1.82, 2.24) is 19.9 Å². The van der Waals surface area contributed by atoms with Crippen LogP contribution in [0.5, 0.6) is 11.6 Å². The minimum atomic E-state index is 0.261. The number of nitrogen functional groups attached to an aromatic ring is 1. The molecule has 0 atom stereocenters. The molecule has 0 aliphatic carbocycles. The summed E-state index contributed by atoms with van der Waals surface area (Å²) in [5.41, 5.74) is 8.22. The maximum absolute atomic E-state index is 6.26. The average molecular weight is 386 g/mol. The zero-order valence-corrected chi connectivity index (χ0v) is 15.4. The molecule has 0 unspecified atom stereocenters. The summed E-state index contributed by atoms with van der Waals surface area (Å²) in [5.74, 6) is 1.28. The number of hydrogen-bond donors (Lipinski definition) is 2. The first-order valence-electron chi connectivity index (χ1n) is 8.52. The molecule has 0 radical (unpaired) electrons. The number of nitrogens with two attached hydrogens (primary N) is 1. The van der Waals surface area contributed by atoms with Crippen molar-refractivity contribution in [2.75, 3.05) is 11.1 Å².